The summed E-state index contributed by atoms with van der Waals surface area (Å²) >= 11 is 0. The van der Waals surface area contributed by atoms with Crippen molar-refractivity contribution >= 4 is 17.3 Å². The third-order valence-electron chi connectivity index (χ3n) is 4.83. The van der Waals surface area contributed by atoms with Crippen molar-refractivity contribution in [2.24, 2.45) is 0 Å². The van der Waals surface area contributed by atoms with E-state index in [2.05, 4.69) is 15.3 Å². The maximum atomic E-state index is 12.7. The zero-order valence-electron chi connectivity index (χ0n) is 15.5. The molecular formula is C22H22N4O2. The summed E-state index contributed by atoms with van der Waals surface area (Å²) in [6, 6.07) is 15.4. The lowest BCUT2D eigenvalue weighted by atomic mass is 9.97. The summed E-state index contributed by atoms with van der Waals surface area (Å²) in [4.78, 5) is 21.1. The molecule has 1 aliphatic heterocycles. The lowest BCUT2D eigenvalue weighted by molar-refractivity contribution is -0.125. The van der Waals surface area contributed by atoms with Crippen LogP contribution in [0, 0.1) is 0 Å². The van der Waals surface area contributed by atoms with E-state index in [0.29, 0.717) is 18.8 Å². The molecule has 0 radical (unpaired) electrons. The van der Waals surface area contributed by atoms with Gasteiger partial charge in [-0.2, -0.15) is 0 Å². The molecular weight excluding hydrogens is 352 g/mol. The summed E-state index contributed by atoms with van der Waals surface area (Å²) < 4.78 is 5.92. The maximum absolute atomic E-state index is 12.7. The predicted octanol–water partition coefficient (Wildman–Crippen LogP) is 3.18. The molecule has 3 N–H and O–H groups in total. The van der Waals surface area contributed by atoms with Crippen molar-refractivity contribution in [1.82, 2.24) is 9.97 Å². The second-order valence-corrected chi connectivity index (χ2v) is 6.84. The molecule has 0 saturated heterocycles. The van der Waals surface area contributed by atoms with Crippen LogP contribution in [-0.2, 0) is 24.2 Å². The summed E-state index contributed by atoms with van der Waals surface area (Å²) in [6.45, 7) is 0.505. The van der Waals surface area contributed by atoms with Crippen LogP contribution in [0.1, 0.15) is 23.2 Å². The maximum Gasteiger partial charge on any atom is 0.177 e. The SMILES string of the molecule is Nc1ncccc1NCc1cc(CC(=O)C2CCc3ccccc3O2)ccn1. The lowest BCUT2D eigenvalue weighted by Crippen LogP contribution is -2.32. The van der Waals surface area contributed by atoms with Crippen LogP contribution in [-0.4, -0.2) is 21.9 Å². The number of nitrogens with two attached hydrogens (primary N) is 1. The number of pyridine rings is 2. The minimum absolute atomic E-state index is 0.0936. The van der Waals surface area contributed by atoms with Gasteiger partial charge >= 0.3 is 0 Å². The van der Waals surface area contributed by atoms with Gasteiger partial charge in [-0.25, -0.2) is 4.98 Å². The number of fused-ring (bicyclic) bond motifs is 1. The van der Waals surface area contributed by atoms with E-state index in [-0.39, 0.29) is 11.9 Å². The van der Waals surface area contributed by atoms with Gasteiger partial charge in [0.2, 0.25) is 0 Å². The van der Waals surface area contributed by atoms with Gasteiger partial charge < -0.3 is 15.8 Å². The summed E-state index contributed by atoms with van der Waals surface area (Å²) in [6.07, 6.45) is 4.90. The van der Waals surface area contributed by atoms with Gasteiger partial charge in [-0.05, 0) is 54.3 Å². The van der Waals surface area contributed by atoms with E-state index in [4.69, 9.17) is 10.5 Å². The normalized spacial score (nSPS) is 15.4. The third-order valence-corrected chi connectivity index (χ3v) is 4.83. The molecule has 1 atom stereocenters. The third kappa shape index (κ3) is 4.11. The van der Waals surface area contributed by atoms with Crippen LogP contribution in [0.4, 0.5) is 11.5 Å². The molecule has 0 spiro atoms. The molecule has 1 aromatic carbocycles. The number of carbonyl (C=O) groups excluding carboxylic acids is 1. The van der Waals surface area contributed by atoms with Gasteiger partial charge in [-0.1, -0.05) is 18.2 Å². The number of nitrogens with zero attached hydrogens (tertiary/aromatic N) is 2. The number of ketones is 1. The Hall–Kier alpha value is -3.41. The van der Waals surface area contributed by atoms with Crippen molar-refractivity contribution < 1.29 is 9.53 Å². The average molecular weight is 374 g/mol. The van der Waals surface area contributed by atoms with E-state index in [9.17, 15) is 4.79 Å². The van der Waals surface area contributed by atoms with E-state index in [1.807, 2.05) is 48.5 Å². The Kier molecular flexibility index (Phi) is 5.19. The fraction of sp³-hybridized carbons (Fsp3) is 0.227. The fourth-order valence-corrected chi connectivity index (χ4v) is 3.35. The number of Topliss-reactive ketones (excluding diaryl/α,β-unsaturated/α-hetero) is 1. The monoisotopic (exact) mass is 374 g/mol. The van der Waals surface area contributed by atoms with E-state index in [1.54, 1.807) is 12.4 Å². The molecule has 0 amide bonds. The van der Waals surface area contributed by atoms with E-state index >= 15 is 0 Å². The number of anilines is 2. The summed E-state index contributed by atoms with van der Waals surface area (Å²) in [5, 5.41) is 3.22. The van der Waals surface area contributed by atoms with Crippen LogP contribution in [0.15, 0.2) is 60.9 Å². The molecule has 3 heterocycles. The molecule has 1 aliphatic rings. The number of aryl methyl sites for hydroxylation is 1. The standard InChI is InChI=1S/C22H22N4O2/c23-22-18(5-3-10-25-22)26-14-17-12-15(9-11-24-17)13-19(27)21-8-7-16-4-1-2-6-20(16)28-21/h1-6,9-12,21,26H,7-8,13-14H2,(H2,23,25). The van der Waals surface area contributed by atoms with Gasteiger partial charge in [0.25, 0.3) is 0 Å². The molecule has 3 aromatic rings. The first-order valence-electron chi connectivity index (χ1n) is 9.34. The van der Waals surface area contributed by atoms with Crippen LogP contribution < -0.4 is 15.8 Å². The number of benzene rings is 1. The highest BCUT2D eigenvalue weighted by Crippen LogP contribution is 2.27. The van der Waals surface area contributed by atoms with Crippen LogP contribution >= 0.6 is 0 Å². The van der Waals surface area contributed by atoms with Gasteiger partial charge in [0.05, 0.1) is 17.9 Å². The van der Waals surface area contributed by atoms with Crippen molar-refractivity contribution in [1.29, 1.82) is 0 Å². The molecule has 142 valence electrons. The van der Waals surface area contributed by atoms with E-state index in [0.717, 1.165) is 35.5 Å². The Bertz CT molecular complexity index is 990. The van der Waals surface area contributed by atoms with E-state index < -0.39 is 0 Å². The fourth-order valence-electron chi connectivity index (χ4n) is 3.35. The highest BCUT2D eigenvalue weighted by atomic mass is 16.5. The molecule has 28 heavy (non-hydrogen) atoms. The van der Waals surface area contributed by atoms with E-state index in [1.165, 1.54) is 5.56 Å². The second kappa shape index (κ2) is 8.08. The Morgan fingerprint density at radius 3 is 2.93 bits per heavy atom. The molecule has 6 heteroatoms. The quantitative estimate of drug-likeness (QED) is 0.689. The van der Waals surface area contributed by atoms with Crippen molar-refractivity contribution in [2.75, 3.05) is 11.1 Å². The van der Waals surface area contributed by atoms with Crippen molar-refractivity contribution in [3.8, 4) is 5.75 Å². The summed E-state index contributed by atoms with van der Waals surface area (Å²) in [7, 11) is 0. The summed E-state index contributed by atoms with van der Waals surface area (Å²) in [5.41, 5.74) is 9.54. The molecule has 2 aromatic heterocycles. The van der Waals surface area contributed by atoms with Gasteiger partial charge in [0.15, 0.2) is 11.9 Å². The molecule has 4 rings (SSSR count). The number of aromatic nitrogens is 2. The highest BCUT2D eigenvalue weighted by Gasteiger charge is 2.25. The minimum Gasteiger partial charge on any atom is -0.482 e. The van der Waals surface area contributed by atoms with Crippen LogP contribution in [0.5, 0.6) is 5.75 Å². The van der Waals surface area contributed by atoms with Crippen molar-refractivity contribution in [3.63, 3.8) is 0 Å². The largest absolute Gasteiger partial charge is 0.482 e. The first-order chi connectivity index (χ1) is 13.7. The number of hydrogen-bond acceptors (Lipinski definition) is 6. The van der Waals surface area contributed by atoms with Crippen molar-refractivity contribution in [2.45, 2.75) is 31.9 Å². The molecule has 0 bridgehead atoms. The Morgan fingerprint density at radius 2 is 2.04 bits per heavy atom. The number of carbonyl (C=O) groups is 1. The number of hydrogen-bond donors (Lipinski definition) is 2. The summed E-state index contributed by atoms with van der Waals surface area (Å²) in [5.74, 6) is 1.36. The topological polar surface area (TPSA) is 90.1 Å². The number of ether oxygens (including phenoxy) is 1. The zero-order valence-corrected chi connectivity index (χ0v) is 15.5. The van der Waals surface area contributed by atoms with Crippen LogP contribution in [0.3, 0.4) is 0 Å². The van der Waals surface area contributed by atoms with Gasteiger partial charge in [0.1, 0.15) is 11.6 Å². The zero-order chi connectivity index (χ0) is 19.3. The van der Waals surface area contributed by atoms with Crippen molar-refractivity contribution in [3.05, 3.63) is 77.7 Å². The number of nitrogen functional groups attached to an aromatic ring is 1. The highest BCUT2D eigenvalue weighted by molar-refractivity contribution is 5.85. The predicted molar refractivity (Wildman–Crippen MR) is 108 cm³/mol. The van der Waals surface area contributed by atoms with Crippen LogP contribution in [0.2, 0.25) is 0 Å². The lowest BCUT2D eigenvalue weighted by Gasteiger charge is -2.25. The molecule has 0 aliphatic carbocycles. The molecule has 0 fully saturated rings. The molecule has 0 saturated carbocycles. The van der Waals surface area contributed by atoms with Gasteiger partial charge in [-0.3, -0.25) is 9.78 Å². The smallest absolute Gasteiger partial charge is 0.177 e. The average Bonchev–Trinajstić information content (AvgIpc) is 2.73. The first-order valence-corrected chi connectivity index (χ1v) is 9.34. The van der Waals surface area contributed by atoms with Crippen LogP contribution in [0.25, 0.3) is 0 Å². The van der Waals surface area contributed by atoms with Gasteiger partial charge in [-0.15, -0.1) is 0 Å². The number of rotatable bonds is 6. The number of para-hydroxylation sites is 1. The minimum atomic E-state index is -0.389. The molecule has 6 nitrogen and oxygen atoms in total. The Morgan fingerprint density at radius 1 is 1.14 bits per heavy atom. The number of nitrogens with one attached hydrogen (secondary N) is 1. The first kappa shape index (κ1) is 18.0. The Balaban J connectivity index is 1.38. The molecule has 1 unspecified atom stereocenters. The van der Waals surface area contributed by atoms with Gasteiger partial charge in [0, 0.05) is 18.8 Å². The second-order valence-electron chi connectivity index (χ2n) is 6.84. The Labute approximate surface area is 163 Å².